The molecular formula is C13H15BrN6. The normalized spacial score (nSPS) is 14.2. The number of nitrogens with zero attached hydrogens (tertiary/aromatic N) is 4. The molecule has 1 aromatic carbocycles. The van der Waals surface area contributed by atoms with Gasteiger partial charge in [0.05, 0.1) is 11.4 Å². The van der Waals surface area contributed by atoms with Crippen molar-refractivity contribution in [3.8, 4) is 0 Å². The number of hydrogen-bond acceptors (Lipinski definition) is 6. The summed E-state index contributed by atoms with van der Waals surface area (Å²) in [5, 5.41) is 0. The summed E-state index contributed by atoms with van der Waals surface area (Å²) in [4.78, 5) is 12.9. The van der Waals surface area contributed by atoms with Crippen LogP contribution in [-0.2, 0) is 0 Å². The number of nitrogens with one attached hydrogen (secondary N) is 1. The molecule has 3 rings (SSSR count). The Labute approximate surface area is 125 Å². The molecule has 1 aliphatic heterocycles. The number of hydrazine groups is 1. The van der Waals surface area contributed by atoms with Crippen molar-refractivity contribution in [3.63, 3.8) is 0 Å². The van der Waals surface area contributed by atoms with Gasteiger partial charge in [0.1, 0.15) is 10.8 Å². The van der Waals surface area contributed by atoms with E-state index >= 15 is 0 Å². The number of aromatic nitrogens is 2. The van der Waals surface area contributed by atoms with Crippen LogP contribution in [0.5, 0.6) is 0 Å². The van der Waals surface area contributed by atoms with E-state index in [4.69, 9.17) is 5.84 Å². The van der Waals surface area contributed by atoms with Gasteiger partial charge in [-0.25, -0.2) is 15.8 Å². The van der Waals surface area contributed by atoms with Crippen LogP contribution >= 0.6 is 15.9 Å². The molecule has 2 heterocycles. The number of nitrogens with two attached hydrogens (primary N) is 1. The first-order chi connectivity index (χ1) is 9.72. The zero-order valence-electron chi connectivity index (χ0n) is 11.0. The Bertz CT molecular complexity index is 632. The van der Waals surface area contributed by atoms with Crippen LogP contribution in [0.1, 0.15) is 0 Å². The first kappa shape index (κ1) is 13.1. The topological polar surface area (TPSA) is 70.3 Å². The summed E-state index contributed by atoms with van der Waals surface area (Å²) in [5.74, 6) is 6.86. The highest BCUT2D eigenvalue weighted by Crippen LogP contribution is 2.39. The van der Waals surface area contributed by atoms with Crippen LogP contribution in [0.2, 0.25) is 0 Å². The van der Waals surface area contributed by atoms with E-state index in [1.807, 2.05) is 12.1 Å². The summed E-state index contributed by atoms with van der Waals surface area (Å²) >= 11 is 3.52. The van der Waals surface area contributed by atoms with E-state index in [9.17, 15) is 0 Å². The lowest BCUT2D eigenvalue weighted by atomic mass is 10.1. The van der Waals surface area contributed by atoms with Crippen LogP contribution in [-0.4, -0.2) is 30.1 Å². The second-order valence-corrected chi connectivity index (χ2v) is 5.36. The van der Waals surface area contributed by atoms with E-state index in [0.717, 1.165) is 29.1 Å². The van der Waals surface area contributed by atoms with Gasteiger partial charge in [-0.3, -0.25) is 0 Å². The van der Waals surface area contributed by atoms with Crippen molar-refractivity contribution >= 4 is 38.9 Å². The molecule has 0 bridgehead atoms. The van der Waals surface area contributed by atoms with Gasteiger partial charge in [0.2, 0.25) is 0 Å². The summed E-state index contributed by atoms with van der Waals surface area (Å²) in [6.45, 7) is 1.78. The fourth-order valence-corrected chi connectivity index (χ4v) is 2.91. The van der Waals surface area contributed by atoms with Crippen molar-refractivity contribution in [2.75, 3.05) is 35.4 Å². The minimum absolute atomic E-state index is 0.575. The number of rotatable bonds is 2. The van der Waals surface area contributed by atoms with Gasteiger partial charge in [-0.05, 0) is 28.1 Å². The number of hydrogen-bond donors (Lipinski definition) is 2. The van der Waals surface area contributed by atoms with Crippen LogP contribution < -0.4 is 21.1 Å². The number of anilines is 4. The first-order valence-corrected chi connectivity index (χ1v) is 7.06. The number of likely N-dealkylation sites (N-methyl/N-ethyl adjacent to an activating group) is 1. The lowest BCUT2D eigenvalue weighted by molar-refractivity contribution is 0.810. The van der Waals surface area contributed by atoms with Crippen molar-refractivity contribution in [2.45, 2.75) is 0 Å². The maximum atomic E-state index is 5.47. The average molecular weight is 335 g/mol. The Balaban J connectivity index is 2.10. The molecule has 0 aliphatic carbocycles. The van der Waals surface area contributed by atoms with E-state index in [0.29, 0.717) is 5.82 Å². The van der Waals surface area contributed by atoms with E-state index < -0.39 is 0 Å². The number of benzene rings is 1. The molecule has 6 nitrogen and oxygen atoms in total. The molecule has 1 aliphatic rings. The van der Waals surface area contributed by atoms with Crippen LogP contribution in [0.4, 0.5) is 23.0 Å². The van der Waals surface area contributed by atoms with Gasteiger partial charge in [-0.1, -0.05) is 12.1 Å². The molecule has 7 heteroatoms. The quantitative estimate of drug-likeness (QED) is 0.647. The van der Waals surface area contributed by atoms with Gasteiger partial charge < -0.3 is 15.2 Å². The van der Waals surface area contributed by atoms with Crippen molar-refractivity contribution in [1.82, 2.24) is 9.97 Å². The third-order valence-electron chi connectivity index (χ3n) is 3.41. The van der Waals surface area contributed by atoms with E-state index in [1.165, 1.54) is 12.0 Å². The summed E-state index contributed by atoms with van der Waals surface area (Å²) in [7, 11) is 2.10. The zero-order chi connectivity index (χ0) is 14.1. The van der Waals surface area contributed by atoms with E-state index in [2.05, 4.69) is 60.3 Å². The Morgan fingerprint density at radius 1 is 1.20 bits per heavy atom. The second kappa shape index (κ2) is 5.26. The molecule has 0 saturated heterocycles. The maximum Gasteiger partial charge on any atom is 0.159 e. The van der Waals surface area contributed by atoms with Crippen LogP contribution in [0, 0.1) is 0 Å². The third-order valence-corrected chi connectivity index (χ3v) is 4.14. The molecule has 3 N–H and O–H groups in total. The highest BCUT2D eigenvalue weighted by Gasteiger charge is 2.24. The van der Waals surface area contributed by atoms with E-state index in [1.54, 1.807) is 0 Å². The molecule has 0 fully saturated rings. The summed E-state index contributed by atoms with van der Waals surface area (Å²) in [6.07, 6.45) is 1.51. The molecule has 0 atom stereocenters. The molecule has 2 aromatic rings. The molecule has 0 saturated carbocycles. The predicted molar refractivity (Wildman–Crippen MR) is 84.3 cm³/mol. The molecular weight excluding hydrogens is 320 g/mol. The third kappa shape index (κ3) is 2.08. The summed E-state index contributed by atoms with van der Waals surface area (Å²) < 4.78 is 0.766. The van der Waals surface area contributed by atoms with Gasteiger partial charge in [0.15, 0.2) is 11.6 Å². The summed E-state index contributed by atoms with van der Waals surface area (Å²) in [5.41, 5.74) is 4.89. The average Bonchev–Trinajstić information content (AvgIpc) is 2.49. The lowest BCUT2D eigenvalue weighted by Gasteiger charge is -2.36. The second-order valence-electron chi connectivity index (χ2n) is 4.57. The van der Waals surface area contributed by atoms with Gasteiger partial charge in [-0.15, -0.1) is 0 Å². The van der Waals surface area contributed by atoms with Crippen LogP contribution in [0.15, 0.2) is 35.1 Å². The molecule has 104 valence electrons. The number of halogens is 1. The molecule has 0 spiro atoms. The molecule has 20 heavy (non-hydrogen) atoms. The minimum atomic E-state index is 0.575. The van der Waals surface area contributed by atoms with Crippen molar-refractivity contribution < 1.29 is 0 Å². The summed E-state index contributed by atoms with van der Waals surface area (Å²) in [6, 6.07) is 8.27. The minimum Gasteiger partial charge on any atom is -0.371 e. The van der Waals surface area contributed by atoms with Crippen LogP contribution in [0.25, 0.3) is 0 Å². The van der Waals surface area contributed by atoms with Crippen molar-refractivity contribution in [3.05, 3.63) is 35.1 Å². The molecule has 1 aromatic heterocycles. The maximum absolute atomic E-state index is 5.47. The Morgan fingerprint density at radius 2 is 1.95 bits per heavy atom. The zero-order valence-corrected chi connectivity index (χ0v) is 12.6. The Kier molecular flexibility index (Phi) is 3.45. The highest BCUT2D eigenvalue weighted by molar-refractivity contribution is 9.10. The van der Waals surface area contributed by atoms with Gasteiger partial charge >= 0.3 is 0 Å². The van der Waals surface area contributed by atoms with Crippen molar-refractivity contribution in [1.29, 1.82) is 0 Å². The van der Waals surface area contributed by atoms with E-state index in [-0.39, 0.29) is 0 Å². The fourth-order valence-electron chi connectivity index (χ4n) is 2.38. The highest BCUT2D eigenvalue weighted by atomic mass is 79.9. The first-order valence-electron chi connectivity index (χ1n) is 6.27. The number of fused-ring (bicyclic) bond motifs is 1. The van der Waals surface area contributed by atoms with Crippen molar-refractivity contribution in [2.24, 2.45) is 5.84 Å². The number of para-hydroxylation sites is 2. The predicted octanol–water partition coefficient (Wildman–Crippen LogP) is 2.11. The fraction of sp³-hybridized carbons (Fsp3) is 0.231. The molecule has 0 unspecified atom stereocenters. The number of nitrogen functional groups attached to an aromatic ring is 1. The van der Waals surface area contributed by atoms with Gasteiger partial charge in [0.25, 0.3) is 0 Å². The van der Waals surface area contributed by atoms with Gasteiger partial charge in [-0.2, -0.15) is 0 Å². The van der Waals surface area contributed by atoms with Crippen LogP contribution in [0.3, 0.4) is 0 Å². The standard InChI is InChI=1S/C13H15BrN6/c1-19-6-7-20(10-5-3-2-4-9(10)19)13-11(14)12(18-15)16-8-17-13/h2-5,8H,6-7,15H2,1H3,(H,16,17,18). The largest absolute Gasteiger partial charge is 0.371 e. The molecule has 0 radical (unpaired) electrons. The Morgan fingerprint density at radius 3 is 2.70 bits per heavy atom. The lowest BCUT2D eigenvalue weighted by Crippen LogP contribution is -2.37. The monoisotopic (exact) mass is 334 g/mol. The van der Waals surface area contributed by atoms with Gasteiger partial charge in [0, 0.05) is 20.1 Å². The smallest absolute Gasteiger partial charge is 0.159 e. The SMILES string of the molecule is CN1CCN(c2ncnc(NN)c2Br)c2ccccc21. The Hall–Kier alpha value is -1.86. The molecule has 0 amide bonds.